The minimum atomic E-state index is 0.0540. The van der Waals surface area contributed by atoms with Crippen LogP contribution in [0.25, 0.3) is 0 Å². The molecule has 1 aliphatic heterocycles. The molecule has 0 unspecified atom stereocenters. The summed E-state index contributed by atoms with van der Waals surface area (Å²) in [5.74, 6) is 1.68. The maximum Gasteiger partial charge on any atom is -0.0143 e. The van der Waals surface area contributed by atoms with Gasteiger partial charge < -0.3 is 0 Å². The third-order valence-corrected chi connectivity index (χ3v) is 8.10. The Morgan fingerprint density at radius 3 is 1.76 bits per heavy atom. The van der Waals surface area contributed by atoms with E-state index < -0.39 is 0 Å². The Kier molecular flexibility index (Phi) is 4.26. The van der Waals surface area contributed by atoms with Crippen molar-refractivity contribution in [2.75, 3.05) is 0 Å². The summed E-state index contributed by atoms with van der Waals surface area (Å²) in [5, 5.41) is 1.64. The average molecular weight is 248 g/mol. The van der Waals surface area contributed by atoms with Gasteiger partial charge in [-0.2, -0.15) is 0 Å². The molecule has 94 valence electrons. The summed E-state index contributed by atoms with van der Waals surface area (Å²) in [7, 11) is 0.0540. The maximum absolute atomic E-state index is 2.41. The Hall–Kier alpha value is -0.350. The van der Waals surface area contributed by atoms with E-state index in [1.807, 2.05) is 0 Å². The fourth-order valence-corrected chi connectivity index (χ4v) is 7.07. The fourth-order valence-electron chi connectivity index (χ4n) is 3.16. The molecule has 2 rings (SSSR count). The van der Waals surface area contributed by atoms with Crippen LogP contribution in [0.15, 0.2) is 30.3 Å². The van der Waals surface area contributed by atoms with Crippen LogP contribution in [0.2, 0.25) is 0 Å². The molecule has 1 aromatic rings. The van der Waals surface area contributed by atoms with Crippen LogP contribution in [0.4, 0.5) is 0 Å². The first-order valence-electron chi connectivity index (χ1n) is 6.94. The van der Waals surface area contributed by atoms with Crippen LogP contribution in [0.3, 0.4) is 0 Å². The van der Waals surface area contributed by atoms with Crippen LogP contribution < -0.4 is 5.30 Å². The van der Waals surface area contributed by atoms with Gasteiger partial charge in [0.05, 0.1) is 0 Å². The molecule has 0 N–H and O–H groups in total. The zero-order valence-corrected chi connectivity index (χ0v) is 12.5. The van der Waals surface area contributed by atoms with Gasteiger partial charge in [-0.05, 0) is 41.3 Å². The normalized spacial score (nSPS) is 26.0. The van der Waals surface area contributed by atoms with Crippen LogP contribution in [-0.4, -0.2) is 11.3 Å². The van der Waals surface area contributed by atoms with Gasteiger partial charge in [-0.1, -0.05) is 65.9 Å². The molecule has 0 nitrogen and oxygen atoms in total. The summed E-state index contributed by atoms with van der Waals surface area (Å²) in [6, 6.07) is 11.3. The smallest absolute Gasteiger partial charge is 0.0143 e. The van der Waals surface area contributed by atoms with Crippen LogP contribution in [0, 0.1) is 11.8 Å². The van der Waals surface area contributed by atoms with Crippen molar-refractivity contribution < 1.29 is 0 Å². The highest BCUT2D eigenvalue weighted by Crippen LogP contribution is 2.59. The number of benzene rings is 1. The second-order valence-electron chi connectivity index (χ2n) is 5.94. The van der Waals surface area contributed by atoms with Crippen LogP contribution in [0.1, 0.15) is 40.5 Å². The molecular weight excluding hydrogens is 223 g/mol. The zero-order chi connectivity index (χ0) is 12.4. The van der Waals surface area contributed by atoms with E-state index >= 15 is 0 Å². The summed E-state index contributed by atoms with van der Waals surface area (Å²) in [5.41, 5.74) is 1.89. The highest BCUT2D eigenvalue weighted by atomic mass is 31.1. The third-order valence-electron chi connectivity index (χ3n) is 4.07. The second-order valence-corrected chi connectivity index (χ2v) is 8.60. The molecule has 0 aliphatic carbocycles. The summed E-state index contributed by atoms with van der Waals surface area (Å²) in [6.07, 6.45) is 2.89. The molecule has 17 heavy (non-hydrogen) atoms. The van der Waals surface area contributed by atoms with Gasteiger partial charge in [-0.15, -0.1) is 0 Å². The first-order chi connectivity index (χ1) is 8.11. The van der Waals surface area contributed by atoms with Crippen LogP contribution in [0.5, 0.6) is 0 Å². The van der Waals surface area contributed by atoms with Crippen LogP contribution >= 0.6 is 7.92 Å². The second kappa shape index (κ2) is 5.53. The van der Waals surface area contributed by atoms with E-state index in [0.29, 0.717) is 0 Å². The highest BCUT2D eigenvalue weighted by Gasteiger charge is 2.39. The average Bonchev–Trinajstić information content (AvgIpc) is 2.74. The van der Waals surface area contributed by atoms with Crippen molar-refractivity contribution in [2.45, 2.75) is 51.9 Å². The molecule has 1 aliphatic rings. The lowest BCUT2D eigenvalue weighted by Gasteiger charge is -2.30. The number of hydrogen-bond acceptors (Lipinski definition) is 0. The Balaban J connectivity index is 2.30. The van der Waals surface area contributed by atoms with Crippen molar-refractivity contribution in [2.24, 2.45) is 11.8 Å². The summed E-state index contributed by atoms with van der Waals surface area (Å²) in [4.78, 5) is 0. The molecular formula is C16H25P. The van der Waals surface area contributed by atoms with E-state index in [-0.39, 0.29) is 7.92 Å². The molecule has 2 atom stereocenters. The van der Waals surface area contributed by atoms with Crippen molar-refractivity contribution in [1.82, 2.24) is 0 Å². The van der Waals surface area contributed by atoms with Crippen molar-refractivity contribution in [3.05, 3.63) is 30.3 Å². The van der Waals surface area contributed by atoms with Crippen molar-refractivity contribution in [3.8, 4) is 0 Å². The van der Waals surface area contributed by atoms with Gasteiger partial charge in [0.15, 0.2) is 0 Å². The predicted molar refractivity (Wildman–Crippen MR) is 79.5 cm³/mol. The third kappa shape index (κ3) is 2.74. The first-order valence-corrected chi connectivity index (χ1v) is 8.42. The van der Waals surface area contributed by atoms with Crippen molar-refractivity contribution in [3.63, 3.8) is 0 Å². The van der Waals surface area contributed by atoms with E-state index in [0.717, 1.165) is 23.2 Å². The van der Waals surface area contributed by atoms with Crippen LogP contribution in [-0.2, 0) is 0 Å². The minimum absolute atomic E-state index is 0.0540. The Morgan fingerprint density at radius 2 is 1.35 bits per heavy atom. The lowest BCUT2D eigenvalue weighted by atomic mass is 10.0. The molecule has 0 saturated carbocycles. The van der Waals surface area contributed by atoms with Gasteiger partial charge >= 0.3 is 0 Å². The van der Waals surface area contributed by atoms with E-state index in [4.69, 9.17) is 0 Å². The fraction of sp³-hybridized carbons (Fsp3) is 0.625. The molecule has 1 fully saturated rings. The van der Waals surface area contributed by atoms with E-state index in [2.05, 4.69) is 58.0 Å². The van der Waals surface area contributed by atoms with Crippen molar-refractivity contribution >= 4 is 13.2 Å². The van der Waals surface area contributed by atoms with E-state index in [1.165, 1.54) is 12.8 Å². The zero-order valence-electron chi connectivity index (χ0n) is 11.6. The summed E-state index contributed by atoms with van der Waals surface area (Å²) < 4.78 is 0. The molecule has 0 radical (unpaired) electrons. The van der Waals surface area contributed by atoms with E-state index in [1.54, 1.807) is 5.30 Å². The van der Waals surface area contributed by atoms with Gasteiger partial charge in [-0.3, -0.25) is 0 Å². The number of rotatable bonds is 3. The lowest BCUT2D eigenvalue weighted by molar-refractivity contribution is 0.543. The largest absolute Gasteiger partial charge is 0.0684 e. The van der Waals surface area contributed by atoms with Gasteiger partial charge in [0.25, 0.3) is 0 Å². The highest BCUT2D eigenvalue weighted by molar-refractivity contribution is 7.67. The molecule has 1 heteroatoms. The number of hydrogen-bond donors (Lipinski definition) is 0. The molecule has 0 spiro atoms. The monoisotopic (exact) mass is 248 g/mol. The molecule has 0 amide bonds. The van der Waals surface area contributed by atoms with Gasteiger partial charge in [-0.25, -0.2) is 0 Å². The topological polar surface area (TPSA) is 0 Å². The SMILES string of the molecule is CC(C)[C@H]1CC[C@H](C(C)C)P1c1ccccc1. The molecule has 1 aromatic carbocycles. The maximum atomic E-state index is 2.41. The predicted octanol–water partition coefficient (Wildman–Crippen LogP) is 4.64. The van der Waals surface area contributed by atoms with Gasteiger partial charge in [0, 0.05) is 0 Å². The quantitative estimate of drug-likeness (QED) is 0.684. The Bertz CT molecular complexity index is 326. The van der Waals surface area contributed by atoms with Crippen molar-refractivity contribution in [1.29, 1.82) is 0 Å². The summed E-state index contributed by atoms with van der Waals surface area (Å²) >= 11 is 0. The lowest BCUT2D eigenvalue weighted by Crippen LogP contribution is -2.21. The minimum Gasteiger partial charge on any atom is -0.0684 e. The molecule has 0 aromatic heterocycles. The molecule has 0 bridgehead atoms. The first kappa shape index (κ1) is 13.1. The summed E-state index contributed by atoms with van der Waals surface area (Å²) in [6.45, 7) is 9.63. The van der Waals surface area contributed by atoms with Gasteiger partial charge in [0.2, 0.25) is 0 Å². The molecule has 1 saturated heterocycles. The Labute approximate surface area is 108 Å². The van der Waals surface area contributed by atoms with Gasteiger partial charge in [0.1, 0.15) is 0 Å². The Morgan fingerprint density at radius 1 is 0.882 bits per heavy atom. The van der Waals surface area contributed by atoms with E-state index in [9.17, 15) is 0 Å². The molecule has 1 heterocycles. The standard InChI is InChI=1S/C16H25P/c1-12(2)15-10-11-16(13(3)4)17(15)14-8-6-5-7-9-14/h5-9,12-13,15-16H,10-11H2,1-4H3/t15-,16-/m1/s1.